The predicted octanol–water partition coefficient (Wildman–Crippen LogP) is 3.09. The normalized spacial score (nSPS) is 18.5. The fourth-order valence-corrected chi connectivity index (χ4v) is 3.33. The predicted molar refractivity (Wildman–Crippen MR) is 82.9 cm³/mol. The summed E-state index contributed by atoms with van der Waals surface area (Å²) < 4.78 is 0. The lowest BCUT2D eigenvalue weighted by molar-refractivity contribution is -0.110. The van der Waals surface area contributed by atoms with Crippen LogP contribution in [0.25, 0.3) is 11.6 Å². The molecule has 4 nitrogen and oxygen atoms in total. The fraction of sp³-hybridized carbons (Fsp3) is 0.294. The van der Waals surface area contributed by atoms with Crippen molar-refractivity contribution in [1.29, 1.82) is 0 Å². The Morgan fingerprint density at radius 2 is 2.14 bits per heavy atom. The summed E-state index contributed by atoms with van der Waals surface area (Å²) in [7, 11) is 0. The molecule has 0 bridgehead atoms. The second-order valence-corrected chi connectivity index (χ2v) is 5.74. The molecule has 21 heavy (non-hydrogen) atoms. The van der Waals surface area contributed by atoms with E-state index in [0.29, 0.717) is 11.4 Å². The molecule has 4 rings (SSSR count). The highest BCUT2D eigenvalue weighted by molar-refractivity contribution is 6.34. The van der Waals surface area contributed by atoms with Gasteiger partial charge in [-0.1, -0.05) is 0 Å². The number of aromatic nitrogens is 2. The Hall–Kier alpha value is -2.36. The Balaban J connectivity index is 1.82. The van der Waals surface area contributed by atoms with Gasteiger partial charge < -0.3 is 10.3 Å². The number of carbonyl (C=O) groups is 1. The minimum Gasteiger partial charge on any atom is -0.358 e. The first-order valence-electron chi connectivity index (χ1n) is 7.43. The monoisotopic (exact) mass is 279 g/mol. The summed E-state index contributed by atoms with van der Waals surface area (Å²) in [4.78, 5) is 19.9. The van der Waals surface area contributed by atoms with Crippen LogP contribution in [0.1, 0.15) is 40.9 Å². The lowest BCUT2D eigenvalue weighted by Gasteiger charge is -2.10. The van der Waals surface area contributed by atoms with E-state index in [0.717, 1.165) is 24.1 Å². The number of fused-ring (bicyclic) bond motifs is 2. The summed E-state index contributed by atoms with van der Waals surface area (Å²) >= 11 is 0. The Morgan fingerprint density at radius 1 is 1.29 bits per heavy atom. The van der Waals surface area contributed by atoms with E-state index in [4.69, 9.17) is 0 Å². The first-order chi connectivity index (χ1) is 10.2. The topological polar surface area (TPSA) is 57.8 Å². The molecule has 1 aliphatic heterocycles. The molecule has 1 aliphatic carbocycles. The largest absolute Gasteiger partial charge is 0.358 e. The second kappa shape index (κ2) is 4.58. The molecule has 0 atom stereocenters. The van der Waals surface area contributed by atoms with Gasteiger partial charge in [-0.15, -0.1) is 0 Å². The molecule has 0 spiro atoms. The van der Waals surface area contributed by atoms with Crippen LogP contribution in [0.15, 0.2) is 18.3 Å². The van der Waals surface area contributed by atoms with Crippen molar-refractivity contribution < 1.29 is 4.79 Å². The van der Waals surface area contributed by atoms with Crippen LogP contribution in [0.4, 0.5) is 5.82 Å². The van der Waals surface area contributed by atoms with Gasteiger partial charge in [0.05, 0.1) is 5.57 Å². The minimum atomic E-state index is -0.0735. The van der Waals surface area contributed by atoms with Crippen molar-refractivity contribution in [3.8, 4) is 0 Å². The molecule has 2 aromatic heterocycles. The zero-order valence-electron chi connectivity index (χ0n) is 12.0. The quantitative estimate of drug-likeness (QED) is 0.788. The number of H-pyrrole nitrogens is 1. The summed E-state index contributed by atoms with van der Waals surface area (Å²) in [6.07, 6.45) is 8.43. The summed E-state index contributed by atoms with van der Waals surface area (Å²) in [5.74, 6) is 0.582. The first-order valence-corrected chi connectivity index (χ1v) is 7.43. The van der Waals surface area contributed by atoms with Crippen molar-refractivity contribution >= 4 is 23.4 Å². The van der Waals surface area contributed by atoms with E-state index in [2.05, 4.69) is 22.2 Å². The summed E-state index contributed by atoms with van der Waals surface area (Å²) in [6, 6.07) is 3.80. The van der Waals surface area contributed by atoms with E-state index in [1.807, 2.05) is 18.2 Å². The zero-order valence-corrected chi connectivity index (χ0v) is 12.0. The minimum absolute atomic E-state index is 0.0735. The SMILES string of the molecule is Cc1c(/C=C2\C(=O)Nc3ncccc32)[nH]c2c1CCCC2. The molecule has 2 N–H and O–H groups in total. The van der Waals surface area contributed by atoms with E-state index in [1.165, 1.54) is 29.7 Å². The van der Waals surface area contributed by atoms with Crippen LogP contribution in [0.3, 0.4) is 0 Å². The van der Waals surface area contributed by atoms with E-state index < -0.39 is 0 Å². The number of hydrogen-bond donors (Lipinski definition) is 2. The average Bonchev–Trinajstić information content (AvgIpc) is 2.99. The van der Waals surface area contributed by atoms with Gasteiger partial charge in [-0.05, 0) is 61.9 Å². The fourth-order valence-electron chi connectivity index (χ4n) is 3.33. The van der Waals surface area contributed by atoms with Gasteiger partial charge >= 0.3 is 0 Å². The maximum Gasteiger partial charge on any atom is 0.257 e. The van der Waals surface area contributed by atoms with Crippen LogP contribution < -0.4 is 5.32 Å². The third-order valence-electron chi connectivity index (χ3n) is 4.47. The number of carbonyl (C=O) groups excluding carboxylic acids is 1. The van der Waals surface area contributed by atoms with E-state index in [9.17, 15) is 4.79 Å². The van der Waals surface area contributed by atoms with Crippen molar-refractivity contribution in [3.63, 3.8) is 0 Å². The van der Waals surface area contributed by atoms with E-state index in [1.54, 1.807) is 6.20 Å². The van der Waals surface area contributed by atoms with Crippen molar-refractivity contribution in [1.82, 2.24) is 9.97 Å². The number of hydrogen-bond acceptors (Lipinski definition) is 2. The number of nitrogens with zero attached hydrogens (tertiary/aromatic N) is 1. The van der Waals surface area contributed by atoms with Gasteiger partial charge in [-0.2, -0.15) is 0 Å². The molecule has 0 saturated carbocycles. The molecule has 0 unspecified atom stereocenters. The van der Waals surface area contributed by atoms with Crippen LogP contribution in [0, 0.1) is 6.92 Å². The summed E-state index contributed by atoms with van der Waals surface area (Å²) in [5.41, 5.74) is 6.70. The highest BCUT2D eigenvalue weighted by Gasteiger charge is 2.26. The van der Waals surface area contributed by atoms with Gasteiger partial charge in [-0.3, -0.25) is 4.79 Å². The van der Waals surface area contributed by atoms with E-state index >= 15 is 0 Å². The first kappa shape index (κ1) is 12.4. The zero-order chi connectivity index (χ0) is 14.4. The number of amides is 1. The lowest BCUT2D eigenvalue weighted by Crippen LogP contribution is -2.04. The number of aromatic amines is 1. The van der Waals surface area contributed by atoms with Gasteiger partial charge in [0.15, 0.2) is 0 Å². The number of pyridine rings is 1. The molecular formula is C17H17N3O. The van der Waals surface area contributed by atoms with Crippen LogP contribution in [0.5, 0.6) is 0 Å². The molecule has 0 saturated heterocycles. The van der Waals surface area contributed by atoms with Crippen molar-refractivity contribution in [2.24, 2.45) is 0 Å². The molecule has 106 valence electrons. The maximum absolute atomic E-state index is 12.2. The van der Waals surface area contributed by atoms with Crippen LogP contribution >= 0.6 is 0 Å². The lowest BCUT2D eigenvalue weighted by atomic mass is 9.95. The van der Waals surface area contributed by atoms with E-state index in [-0.39, 0.29) is 5.91 Å². The van der Waals surface area contributed by atoms with Crippen LogP contribution in [-0.4, -0.2) is 15.9 Å². The number of rotatable bonds is 1. The van der Waals surface area contributed by atoms with Crippen LogP contribution in [0.2, 0.25) is 0 Å². The van der Waals surface area contributed by atoms with Crippen molar-refractivity contribution in [3.05, 3.63) is 46.4 Å². The Bertz CT molecular complexity index is 770. The third-order valence-corrected chi connectivity index (χ3v) is 4.47. The van der Waals surface area contributed by atoms with Gasteiger partial charge in [0.1, 0.15) is 5.82 Å². The number of aryl methyl sites for hydroxylation is 1. The standard InChI is InChI=1S/C17H17N3O/c1-10-11-5-2-3-7-14(11)19-15(10)9-13-12-6-4-8-18-16(12)20-17(13)21/h4,6,8-9,19H,2-3,5,7H2,1H3,(H,18,20,21)/b13-9-. The Morgan fingerprint density at radius 3 is 3.00 bits per heavy atom. The van der Waals surface area contributed by atoms with Crippen LogP contribution in [-0.2, 0) is 17.6 Å². The average molecular weight is 279 g/mol. The molecule has 0 aromatic carbocycles. The summed E-state index contributed by atoms with van der Waals surface area (Å²) in [5, 5.41) is 2.82. The van der Waals surface area contributed by atoms with Gasteiger partial charge in [0.2, 0.25) is 0 Å². The molecule has 0 radical (unpaired) electrons. The third kappa shape index (κ3) is 1.90. The van der Waals surface area contributed by atoms with Gasteiger partial charge in [0.25, 0.3) is 5.91 Å². The second-order valence-electron chi connectivity index (χ2n) is 5.74. The molecule has 1 amide bonds. The molecule has 3 heterocycles. The van der Waals surface area contributed by atoms with Crippen molar-refractivity contribution in [2.45, 2.75) is 32.6 Å². The summed E-state index contributed by atoms with van der Waals surface area (Å²) in [6.45, 7) is 2.14. The molecule has 2 aromatic rings. The highest BCUT2D eigenvalue weighted by atomic mass is 16.2. The van der Waals surface area contributed by atoms with Crippen molar-refractivity contribution in [2.75, 3.05) is 5.32 Å². The smallest absolute Gasteiger partial charge is 0.257 e. The molecular weight excluding hydrogens is 262 g/mol. The molecule has 0 fully saturated rings. The number of nitrogens with one attached hydrogen (secondary N) is 2. The maximum atomic E-state index is 12.2. The highest BCUT2D eigenvalue weighted by Crippen LogP contribution is 2.33. The van der Waals surface area contributed by atoms with Gasteiger partial charge in [0, 0.05) is 23.1 Å². The Kier molecular flexibility index (Phi) is 2.70. The molecule has 4 heteroatoms. The number of anilines is 1. The Labute approximate surface area is 123 Å². The van der Waals surface area contributed by atoms with Gasteiger partial charge in [-0.25, -0.2) is 4.98 Å². The molecule has 2 aliphatic rings.